The van der Waals surface area contributed by atoms with E-state index in [0.29, 0.717) is 0 Å². The average Bonchev–Trinajstić information content (AvgIpc) is 2.42. The van der Waals surface area contributed by atoms with Crippen LogP contribution in [0.3, 0.4) is 0 Å². The van der Waals surface area contributed by atoms with Crippen molar-refractivity contribution >= 4 is 0 Å². The largest absolute Gasteiger partial charge is 0.388 e. The van der Waals surface area contributed by atoms with Crippen LogP contribution in [0.1, 0.15) is 53.4 Å². The van der Waals surface area contributed by atoms with Gasteiger partial charge in [0.2, 0.25) is 0 Å². The summed E-state index contributed by atoms with van der Waals surface area (Å²) in [6, 6.07) is 0. The molecule has 0 aromatic carbocycles. The molecule has 0 saturated heterocycles. The Morgan fingerprint density at radius 3 is 2.50 bits per heavy atom. The molecule has 3 atom stereocenters. The van der Waals surface area contributed by atoms with E-state index in [0.717, 1.165) is 31.3 Å². The average molecular weight is 220 g/mol. The van der Waals surface area contributed by atoms with Crippen molar-refractivity contribution in [1.82, 2.24) is 0 Å². The highest BCUT2D eigenvalue weighted by atomic mass is 16.3. The highest BCUT2D eigenvalue weighted by molar-refractivity contribution is 5.33. The highest BCUT2D eigenvalue weighted by Crippen LogP contribution is 2.65. The summed E-state index contributed by atoms with van der Waals surface area (Å²) in [5.41, 5.74) is 1.75. The van der Waals surface area contributed by atoms with Crippen molar-refractivity contribution in [3.05, 3.63) is 23.8 Å². The number of hydrogen-bond donors (Lipinski definition) is 1. The summed E-state index contributed by atoms with van der Waals surface area (Å²) >= 11 is 0. The van der Waals surface area contributed by atoms with E-state index in [2.05, 4.69) is 40.3 Å². The summed E-state index contributed by atoms with van der Waals surface area (Å²) in [5.74, 6) is 0. The molecule has 1 nitrogen and oxygen atoms in total. The first kappa shape index (κ1) is 11.9. The van der Waals surface area contributed by atoms with E-state index in [1.54, 1.807) is 0 Å². The van der Waals surface area contributed by atoms with Gasteiger partial charge < -0.3 is 5.11 Å². The lowest BCUT2D eigenvalue weighted by Gasteiger charge is -2.51. The van der Waals surface area contributed by atoms with Crippen LogP contribution >= 0.6 is 0 Å². The standard InChI is InChI=1S/C15H24O/c1-11(2)13(4)9-10-14(5)12(3)7-6-8-15(13,14)16/h7,16H,1,6,8-10H2,2-5H3/t13-,14+,15-/m0/s1. The minimum Gasteiger partial charge on any atom is -0.388 e. The summed E-state index contributed by atoms with van der Waals surface area (Å²) in [6.07, 6.45) is 6.32. The molecule has 1 saturated carbocycles. The van der Waals surface area contributed by atoms with Gasteiger partial charge in [0.15, 0.2) is 0 Å². The van der Waals surface area contributed by atoms with Gasteiger partial charge in [0, 0.05) is 10.8 Å². The van der Waals surface area contributed by atoms with Crippen molar-refractivity contribution in [2.75, 3.05) is 0 Å². The van der Waals surface area contributed by atoms with Gasteiger partial charge in [0.05, 0.1) is 5.60 Å². The van der Waals surface area contributed by atoms with Gasteiger partial charge in [-0.05, 0) is 39.5 Å². The van der Waals surface area contributed by atoms with Crippen LogP contribution in [0.15, 0.2) is 23.8 Å². The third-order valence-electron chi connectivity index (χ3n) is 5.72. The van der Waals surface area contributed by atoms with Crippen LogP contribution in [0.4, 0.5) is 0 Å². The molecule has 90 valence electrons. The molecule has 0 radical (unpaired) electrons. The Bertz CT molecular complexity index is 368. The van der Waals surface area contributed by atoms with Crippen LogP contribution < -0.4 is 0 Å². The van der Waals surface area contributed by atoms with Crippen LogP contribution in [0.25, 0.3) is 0 Å². The SMILES string of the molecule is C=C(C)[C@]1(C)CC[C@]2(C)C(C)=CCC[C@]12O. The molecule has 1 heteroatoms. The van der Waals surface area contributed by atoms with E-state index in [1.165, 1.54) is 5.57 Å². The zero-order chi connectivity index (χ0) is 12.2. The molecule has 0 heterocycles. The van der Waals surface area contributed by atoms with Crippen LogP contribution in [-0.4, -0.2) is 10.7 Å². The Kier molecular flexibility index (Phi) is 2.40. The van der Waals surface area contributed by atoms with Crippen LogP contribution in [0.5, 0.6) is 0 Å². The van der Waals surface area contributed by atoms with Gasteiger partial charge in [-0.1, -0.05) is 37.6 Å². The molecule has 2 rings (SSSR count). The van der Waals surface area contributed by atoms with Crippen molar-refractivity contribution in [3.63, 3.8) is 0 Å². The van der Waals surface area contributed by atoms with Crippen LogP contribution in [-0.2, 0) is 0 Å². The second kappa shape index (κ2) is 3.22. The minimum absolute atomic E-state index is 0.0427. The molecule has 0 amide bonds. The number of rotatable bonds is 1. The van der Waals surface area contributed by atoms with Gasteiger partial charge in [0.1, 0.15) is 0 Å². The zero-order valence-corrected chi connectivity index (χ0v) is 11.1. The van der Waals surface area contributed by atoms with Gasteiger partial charge in [-0.25, -0.2) is 0 Å². The molecule has 1 N–H and O–H groups in total. The van der Waals surface area contributed by atoms with E-state index in [9.17, 15) is 5.11 Å². The van der Waals surface area contributed by atoms with E-state index in [1.807, 2.05) is 0 Å². The molecular formula is C15H24O. The monoisotopic (exact) mass is 220 g/mol. The fourth-order valence-corrected chi connectivity index (χ4v) is 3.89. The second-order valence-corrected chi connectivity index (χ2v) is 6.23. The molecule has 0 spiro atoms. The normalized spacial score (nSPS) is 47.4. The molecule has 2 aliphatic rings. The summed E-state index contributed by atoms with van der Waals surface area (Å²) in [7, 11) is 0. The second-order valence-electron chi connectivity index (χ2n) is 6.23. The lowest BCUT2D eigenvalue weighted by molar-refractivity contribution is -0.105. The third kappa shape index (κ3) is 1.10. The number of hydrogen-bond acceptors (Lipinski definition) is 1. The van der Waals surface area contributed by atoms with E-state index in [4.69, 9.17) is 0 Å². The molecule has 1 fully saturated rings. The fourth-order valence-electron chi connectivity index (χ4n) is 3.89. The molecular weight excluding hydrogens is 196 g/mol. The summed E-state index contributed by atoms with van der Waals surface area (Å²) < 4.78 is 0. The smallest absolute Gasteiger partial charge is 0.0830 e. The van der Waals surface area contributed by atoms with Crippen molar-refractivity contribution in [2.45, 2.75) is 59.0 Å². The van der Waals surface area contributed by atoms with Gasteiger partial charge in [-0.3, -0.25) is 0 Å². The predicted molar refractivity (Wildman–Crippen MR) is 68.2 cm³/mol. The molecule has 0 aromatic heterocycles. The van der Waals surface area contributed by atoms with Gasteiger partial charge in [0.25, 0.3) is 0 Å². The Hall–Kier alpha value is -0.560. The minimum atomic E-state index is -0.593. The molecule has 2 aliphatic carbocycles. The maximum absolute atomic E-state index is 11.2. The first-order valence-electron chi connectivity index (χ1n) is 6.33. The number of aliphatic hydroxyl groups is 1. The molecule has 16 heavy (non-hydrogen) atoms. The van der Waals surface area contributed by atoms with E-state index in [-0.39, 0.29) is 10.8 Å². The molecule has 0 bridgehead atoms. The summed E-state index contributed by atoms with van der Waals surface area (Å²) in [5, 5.41) is 11.2. The van der Waals surface area contributed by atoms with Crippen molar-refractivity contribution < 1.29 is 5.11 Å². The summed E-state index contributed by atoms with van der Waals surface area (Å²) in [6.45, 7) is 12.8. The number of allylic oxidation sites excluding steroid dienone is 1. The maximum Gasteiger partial charge on any atom is 0.0830 e. The quantitative estimate of drug-likeness (QED) is 0.666. The van der Waals surface area contributed by atoms with Gasteiger partial charge in [-0.2, -0.15) is 0 Å². The first-order chi connectivity index (χ1) is 7.28. The van der Waals surface area contributed by atoms with E-state index < -0.39 is 5.60 Å². The molecule has 0 unspecified atom stereocenters. The Morgan fingerprint density at radius 2 is 1.94 bits per heavy atom. The molecule has 0 aromatic rings. The first-order valence-corrected chi connectivity index (χ1v) is 6.33. The zero-order valence-electron chi connectivity index (χ0n) is 11.1. The Balaban J connectivity index is 2.55. The van der Waals surface area contributed by atoms with Crippen molar-refractivity contribution in [3.8, 4) is 0 Å². The van der Waals surface area contributed by atoms with Crippen LogP contribution in [0, 0.1) is 10.8 Å². The summed E-state index contributed by atoms with van der Waals surface area (Å²) in [4.78, 5) is 0. The number of fused-ring (bicyclic) bond motifs is 1. The van der Waals surface area contributed by atoms with Crippen LogP contribution in [0.2, 0.25) is 0 Å². The lowest BCUT2D eigenvalue weighted by Crippen LogP contribution is -2.54. The van der Waals surface area contributed by atoms with Crippen molar-refractivity contribution in [2.24, 2.45) is 10.8 Å². The molecule has 0 aliphatic heterocycles. The Labute approximate surface area is 99.3 Å². The lowest BCUT2D eigenvalue weighted by atomic mass is 9.57. The topological polar surface area (TPSA) is 20.2 Å². The van der Waals surface area contributed by atoms with E-state index >= 15 is 0 Å². The maximum atomic E-state index is 11.2. The highest BCUT2D eigenvalue weighted by Gasteiger charge is 2.64. The van der Waals surface area contributed by atoms with Gasteiger partial charge >= 0.3 is 0 Å². The third-order valence-corrected chi connectivity index (χ3v) is 5.72. The van der Waals surface area contributed by atoms with Gasteiger partial charge in [-0.15, -0.1) is 0 Å². The predicted octanol–water partition coefficient (Wildman–Crippen LogP) is 3.84. The Morgan fingerprint density at radius 1 is 1.31 bits per heavy atom. The fraction of sp³-hybridized carbons (Fsp3) is 0.733. The van der Waals surface area contributed by atoms with Crippen molar-refractivity contribution in [1.29, 1.82) is 0 Å².